The minimum atomic E-state index is -0.169. The van der Waals surface area contributed by atoms with Gasteiger partial charge in [0.15, 0.2) is 0 Å². The molecular weight excluding hydrogens is 408 g/mol. The van der Waals surface area contributed by atoms with Crippen LogP contribution < -0.4 is 15.4 Å². The van der Waals surface area contributed by atoms with Gasteiger partial charge in [0.1, 0.15) is 5.75 Å². The highest BCUT2D eigenvalue weighted by atomic mass is 32.2. The number of methoxy groups -OCH3 is 1. The molecule has 0 unspecified atom stereocenters. The number of hydrogen-bond donors (Lipinski definition) is 2. The monoisotopic (exact) mass is 436 g/mol. The first-order valence-corrected chi connectivity index (χ1v) is 11.7. The predicted molar refractivity (Wildman–Crippen MR) is 125 cm³/mol. The summed E-state index contributed by atoms with van der Waals surface area (Å²) in [7, 11) is 1.62. The summed E-state index contributed by atoms with van der Waals surface area (Å²) in [6, 6.07) is 13.4. The van der Waals surface area contributed by atoms with E-state index in [1.807, 2.05) is 42.5 Å². The molecule has 2 aliphatic rings. The van der Waals surface area contributed by atoms with Crippen LogP contribution in [-0.4, -0.2) is 25.0 Å². The number of thioether (sulfide) groups is 1. The number of hydrogen-bond acceptors (Lipinski definition) is 4. The molecule has 162 valence electrons. The lowest BCUT2D eigenvalue weighted by Crippen LogP contribution is -2.35. The quantitative estimate of drug-likeness (QED) is 0.610. The number of benzene rings is 2. The molecule has 0 aromatic heterocycles. The average molecular weight is 437 g/mol. The first-order valence-electron chi connectivity index (χ1n) is 10.9. The van der Waals surface area contributed by atoms with Crippen LogP contribution in [0.2, 0.25) is 0 Å². The second kappa shape index (κ2) is 10.1. The van der Waals surface area contributed by atoms with Crippen molar-refractivity contribution in [2.75, 3.05) is 12.4 Å². The minimum absolute atomic E-state index is 0.0645. The number of carbonyl (C=O) groups excluding carboxylic acids is 2. The first-order chi connectivity index (χ1) is 15.1. The van der Waals surface area contributed by atoms with Crippen molar-refractivity contribution in [2.45, 2.75) is 55.9 Å². The lowest BCUT2D eigenvalue weighted by molar-refractivity contribution is -0.112. The molecule has 1 fully saturated rings. The van der Waals surface area contributed by atoms with Gasteiger partial charge >= 0.3 is 0 Å². The van der Waals surface area contributed by atoms with E-state index in [4.69, 9.17) is 4.74 Å². The molecule has 2 N–H and O–H groups in total. The summed E-state index contributed by atoms with van der Waals surface area (Å²) in [5, 5.41) is 6.13. The van der Waals surface area contributed by atoms with Gasteiger partial charge < -0.3 is 15.4 Å². The molecule has 2 aromatic carbocycles. The Bertz CT molecular complexity index is 994. The van der Waals surface area contributed by atoms with Crippen LogP contribution in [0.4, 0.5) is 5.69 Å². The number of anilines is 1. The third-order valence-corrected chi connectivity index (χ3v) is 6.86. The van der Waals surface area contributed by atoms with E-state index in [0.717, 1.165) is 29.1 Å². The van der Waals surface area contributed by atoms with Gasteiger partial charge in [0.2, 0.25) is 0 Å². The third-order valence-electron chi connectivity index (χ3n) is 5.77. The van der Waals surface area contributed by atoms with Crippen LogP contribution in [0, 0.1) is 0 Å². The lowest BCUT2D eigenvalue weighted by atomic mass is 9.96. The Morgan fingerprint density at radius 2 is 1.87 bits per heavy atom. The van der Waals surface area contributed by atoms with E-state index in [1.165, 1.54) is 43.9 Å². The van der Waals surface area contributed by atoms with Crippen molar-refractivity contribution in [1.29, 1.82) is 0 Å². The minimum Gasteiger partial charge on any atom is -0.497 e. The van der Waals surface area contributed by atoms with Crippen molar-refractivity contribution in [2.24, 2.45) is 0 Å². The van der Waals surface area contributed by atoms with Crippen molar-refractivity contribution in [3.05, 3.63) is 58.5 Å². The standard InChI is InChI=1S/C25H28N2O3S/c1-30-20-11-7-8-17(14-20)15-23-25(29)27-21-16-18(12-13-22(21)31-23)24(28)26-19-9-5-3-2-4-6-10-19/h7-8,11-16,19H,2-6,9-10H2,1H3,(H,26,28)(H,27,29)/b23-15+. The van der Waals surface area contributed by atoms with Crippen LogP contribution in [0.5, 0.6) is 5.75 Å². The van der Waals surface area contributed by atoms with E-state index in [0.29, 0.717) is 16.2 Å². The van der Waals surface area contributed by atoms with Gasteiger partial charge in [0, 0.05) is 16.5 Å². The van der Waals surface area contributed by atoms with Crippen LogP contribution in [0.3, 0.4) is 0 Å². The molecule has 31 heavy (non-hydrogen) atoms. The zero-order valence-corrected chi connectivity index (χ0v) is 18.6. The van der Waals surface area contributed by atoms with Gasteiger partial charge in [-0.05, 0) is 54.8 Å². The average Bonchev–Trinajstić information content (AvgIpc) is 2.76. The molecule has 1 heterocycles. The number of ether oxygens (including phenoxy) is 1. The van der Waals surface area contributed by atoms with E-state index in [9.17, 15) is 9.59 Å². The maximum atomic E-state index is 12.8. The Hall–Kier alpha value is -2.73. The molecule has 0 saturated heterocycles. The highest BCUT2D eigenvalue weighted by Crippen LogP contribution is 2.39. The molecule has 5 nitrogen and oxygen atoms in total. The molecular formula is C25H28N2O3S. The zero-order valence-electron chi connectivity index (χ0n) is 17.8. The maximum absolute atomic E-state index is 12.8. The number of nitrogens with one attached hydrogen (secondary N) is 2. The van der Waals surface area contributed by atoms with Gasteiger partial charge in [0.25, 0.3) is 11.8 Å². The molecule has 1 aliphatic heterocycles. The number of carbonyl (C=O) groups is 2. The third kappa shape index (κ3) is 5.50. The maximum Gasteiger partial charge on any atom is 0.262 e. The molecule has 2 aromatic rings. The van der Waals surface area contributed by atoms with Crippen LogP contribution in [0.25, 0.3) is 6.08 Å². The van der Waals surface area contributed by atoms with Crippen molar-refractivity contribution in [1.82, 2.24) is 5.32 Å². The summed E-state index contributed by atoms with van der Waals surface area (Å²) in [6.07, 6.45) is 10.1. The topological polar surface area (TPSA) is 67.4 Å². The van der Waals surface area contributed by atoms with Crippen molar-refractivity contribution < 1.29 is 14.3 Å². The van der Waals surface area contributed by atoms with Crippen LogP contribution in [0.15, 0.2) is 52.3 Å². The van der Waals surface area contributed by atoms with E-state index in [-0.39, 0.29) is 17.9 Å². The molecule has 1 aliphatic carbocycles. The van der Waals surface area contributed by atoms with Gasteiger partial charge in [-0.1, -0.05) is 56.0 Å². The molecule has 2 amide bonds. The van der Waals surface area contributed by atoms with Gasteiger partial charge in [0.05, 0.1) is 17.7 Å². The SMILES string of the molecule is COc1cccc(/C=C2/Sc3ccc(C(=O)NC4CCCCCCC4)cc3NC2=O)c1. The van der Waals surface area contributed by atoms with Gasteiger partial charge in [-0.25, -0.2) is 0 Å². The Morgan fingerprint density at radius 3 is 2.65 bits per heavy atom. The number of rotatable bonds is 4. The number of fused-ring (bicyclic) bond motifs is 1. The highest BCUT2D eigenvalue weighted by molar-refractivity contribution is 8.04. The number of amides is 2. The fourth-order valence-corrected chi connectivity index (χ4v) is 4.99. The van der Waals surface area contributed by atoms with Crippen LogP contribution >= 0.6 is 11.8 Å². The molecule has 0 spiro atoms. The van der Waals surface area contributed by atoms with Gasteiger partial charge in [-0.15, -0.1) is 0 Å². The van der Waals surface area contributed by atoms with Crippen molar-refractivity contribution in [3.63, 3.8) is 0 Å². The van der Waals surface area contributed by atoms with Gasteiger partial charge in [-0.3, -0.25) is 9.59 Å². The second-order valence-corrected chi connectivity index (χ2v) is 9.15. The Kier molecular flexibility index (Phi) is 6.97. The predicted octanol–water partition coefficient (Wildman–Crippen LogP) is 5.62. The summed E-state index contributed by atoms with van der Waals surface area (Å²) in [4.78, 5) is 27.0. The first kappa shape index (κ1) is 21.5. The second-order valence-electron chi connectivity index (χ2n) is 8.07. The summed E-state index contributed by atoms with van der Waals surface area (Å²) < 4.78 is 5.26. The molecule has 6 heteroatoms. The van der Waals surface area contributed by atoms with Crippen molar-refractivity contribution in [3.8, 4) is 5.75 Å². The molecule has 4 rings (SSSR count). The Labute approximate surface area is 187 Å². The van der Waals surface area contributed by atoms with Gasteiger partial charge in [-0.2, -0.15) is 0 Å². The fourth-order valence-electron chi connectivity index (χ4n) is 4.05. The fraction of sp³-hybridized carbons (Fsp3) is 0.360. The normalized spacial score (nSPS) is 18.5. The summed E-state index contributed by atoms with van der Waals surface area (Å²) in [5.41, 5.74) is 2.17. The van der Waals surface area contributed by atoms with Crippen molar-refractivity contribution >= 4 is 35.3 Å². The summed E-state index contributed by atoms with van der Waals surface area (Å²) in [6.45, 7) is 0. The Balaban J connectivity index is 1.47. The molecule has 0 atom stereocenters. The van der Waals surface area contributed by atoms with E-state index < -0.39 is 0 Å². The van der Waals surface area contributed by atoms with E-state index in [2.05, 4.69) is 10.6 Å². The smallest absolute Gasteiger partial charge is 0.262 e. The summed E-state index contributed by atoms with van der Waals surface area (Å²) >= 11 is 1.41. The highest BCUT2D eigenvalue weighted by Gasteiger charge is 2.23. The van der Waals surface area contributed by atoms with Crippen LogP contribution in [-0.2, 0) is 4.79 Å². The Morgan fingerprint density at radius 1 is 1.10 bits per heavy atom. The summed E-state index contributed by atoms with van der Waals surface area (Å²) in [5.74, 6) is 0.513. The molecule has 0 bridgehead atoms. The molecule has 1 saturated carbocycles. The van der Waals surface area contributed by atoms with E-state index >= 15 is 0 Å². The largest absolute Gasteiger partial charge is 0.497 e. The lowest BCUT2D eigenvalue weighted by Gasteiger charge is -2.22. The molecule has 0 radical (unpaired) electrons. The zero-order chi connectivity index (χ0) is 21.6. The van der Waals surface area contributed by atoms with Crippen LogP contribution in [0.1, 0.15) is 60.9 Å². The van der Waals surface area contributed by atoms with E-state index in [1.54, 1.807) is 13.2 Å².